The molecule has 0 saturated carbocycles. The maximum absolute atomic E-state index is 15.0. The summed E-state index contributed by atoms with van der Waals surface area (Å²) in [6, 6.07) is 9.61. The highest BCUT2D eigenvalue weighted by atomic mass is 19.1. The molecule has 0 bridgehead atoms. The number of aryl methyl sites for hydroxylation is 2. The molecule has 0 aliphatic heterocycles. The standard InChI is InChI=1S/C33H24F2N10O6/c34-22-14-20(32(48)49)26(38-30(46)24-4-6-28(42-40-24)44-10-8-36-16-44)12-18(22)2-1-3-19-13-27(21(33(50)51)15-23(19)35)39-31(47)25-5-7-29(43-41-25)45-11-9-37-17-45/h4-17H,1-3H2,(H,38,46)(H,39,47)(H,48,49)(H,50,51). The van der Waals surface area contributed by atoms with E-state index in [9.17, 15) is 29.4 Å². The van der Waals surface area contributed by atoms with Crippen LogP contribution in [0.3, 0.4) is 0 Å². The van der Waals surface area contributed by atoms with Gasteiger partial charge in [-0.3, -0.25) is 18.7 Å². The number of amides is 2. The number of carboxylic acids is 2. The monoisotopic (exact) mass is 694 g/mol. The molecule has 4 heterocycles. The molecule has 256 valence electrons. The van der Waals surface area contributed by atoms with Gasteiger partial charge < -0.3 is 20.8 Å². The average molecular weight is 695 g/mol. The molecule has 0 atom stereocenters. The van der Waals surface area contributed by atoms with Crippen molar-refractivity contribution in [2.75, 3.05) is 10.6 Å². The van der Waals surface area contributed by atoms with Gasteiger partial charge in [-0.05, 0) is 78.9 Å². The topological polar surface area (TPSA) is 220 Å². The van der Waals surface area contributed by atoms with Gasteiger partial charge in [0.2, 0.25) is 0 Å². The van der Waals surface area contributed by atoms with E-state index in [2.05, 4.69) is 41.0 Å². The van der Waals surface area contributed by atoms with Gasteiger partial charge in [-0.25, -0.2) is 28.3 Å². The van der Waals surface area contributed by atoms with Crippen LogP contribution >= 0.6 is 0 Å². The lowest BCUT2D eigenvalue weighted by Gasteiger charge is -2.13. The van der Waals surface area contributed by atoms with Crippen LogP contribution in [-0.2, 0) is 12.8 Å². The van der Waals surface area contributed by atoms with Gasteiger partial charge in [0, 0.05) is 24.8 Å². The van der Waals surface area contributed by atoms with Gasteiger partial charge in [0.05, 0.1) is 22.5 Å². The van der Waals surface area contributed by atoms with E-state index in [-0.39, 0.29) is 53.2 Å². The molecule has 51 heavy (non-hydrogen) atoms. The lowest BCUT2D eigenvalue weighted by atomic mass is 9.99. The smallest absolute Gasteiger partial charge is 0.337 e. The fourth-order valence-corrected chi connectivity index (χ4v) is 4.98. The molecular weight excluding hydrogens is 670 g/mol. The summed E-state index contributed by atoms with van der Waals surface area (Å²) in [5, 5.41) is 39.8. The second kappa shape index (κ2) is 14.5. The van der Waals surface area contributed by atoms with Crippen molar-refractivity contribution in [3.63, 3.8) is 0 Å². The van der Waals surface area contributed by atoms with E-state index >= 15 is 8.78 Å². The predicted octanol–water partition coefficient (Wildman–Crippen LogP) is 3.99. The quantitative estimate of drug-likeness (QED) is 0.143. The lowest BCUT2D eigenvalue weighted by molar-refractivity contribution is 0.0686. The number of nitrogens with one attached hydrogen (secondary N) is 2. The Hall–Kier alpha value is -7.24. The molecule has 4 aromatic heterocycles. The van der Waals surface area contributed by atoms with E-state index in [1.807, 2.05) is 0 Å². The molecule has 2 amide bonds. The minimum atomic E-state index is -1.49. The van der Waals surface area contributed by atoms with E-state index in [1.54, 1.807) is 21.5 Å². The fraction of sp³-hybridized carbons (Fsp3) is 0.0909. The number of imidazole rings is 2. The number of anilines is 2. The molecule has 0 saturated heterocycles. The normalized spacial score (nSPS) is 10.9. The number of hydrogen-bond donors (Lipinski definition) is 4. The van der Waals surface area contributed by atoms with Crippen molar-refractivity contribution in [1.82, 2.24) is 39.5 Å². The zero-order chi connectivity index (χ0) is 36.1. The maximum Gasteiger partial charge on any atom is 0.337 e. The Morgan fingerprint density at radius 3 is 1.39 bits per heavy atom. The number of carbonyl (C=O) groups is 4. The van der Waals surface area contributed by atoms with Crippen LogP contribution in [0.25, 0.3) is 11.6 Å². The lowest BCUT2D eigenvalue weighted by Crippen LogP contribution is -2.18. The Labute approximate surface area is 285 Å². The van der Waals surface area contributed by atoms with Gasteiger partial charge in [-0.2, -0.15) is 0 Å². The molecule has 6 rings (SSSR count). The van der Waals surface area contributed by atoms with Crippen molar-refractivity contribution in [1.29, 1.82) is 0 Å². The Balaban J connectivity index is 1.16. The molecule has 0 fully saturated rings. The van der Waals surface area contributed by atoms with Gasteiger partial charge in [0.1, 0.15) is 24.3 Å². The molecule has 2 aromatic carbocycles. The summed E-state index contributed by atoms with van der Waals surface area (Å²) < 4.78 is 33.2. The number of hydrogen-bond acceptors (Lipinski definition) is 10. The molecule has 6 aromatic rings. The van der Waals surface area contributed by atoms with Gasteiger partial charge in [0.15, 0.2) is 23.0 Å². The molecule has 0 aliphatic rings. The highest BCUT2D eigenvalue weighted by Crippen LogP contribution is 2.26. The number of carboxylic acid groups (broad SMARTS) is 2. The van der Waals surface area contributed by atoms with Crippen molar-refractivity contribution >= 4 is 35.1 Å². The number of nitrogens with zero attached hydrogens (tertiary/aromatic N) is 8. The van der Waals surface area contributed by atoms with E-state index in [1.165, 1.54) is 61.4 Å². The minimum absolute atomic E-state index is 0.0191. The predicted molar refractivity (Wildman–Crippen MR) is 173 cm³/mol. The molecule has 4 N–H and O–H groups in total. The largest absolute Gasteiger partial charge is 0.478 e. The van der Waals surface area contributed by atoms with Crippen LogP contribution in [0.1, 0.15) is 59.2 Å². The number of halogens is 2. The summed E-state index contributed by atoms with van der Waals surface area (Å²) in [6.07, 6.45) is 9.33. The van der Waals surface area contributed by atoms with Crippen LogP contribution < -0.4 is 10.6 Å². The van der Waals surface area contributed by atoms with Gasteiger partial charge in [-0.15, -0.1) is 20.4 Å². The second-order valence-electron chi connectivity index (χ2n) is 10.8. The zero-order valence-corrected chi connectivity index (χ0v) is 26.1. The van der Waals surface area contributed by atoms with Crippen molar-refractivity contribution in [3.8, 4) is 11.6 Å². The van der Waals surface area contributed by atoms with Crippen molar-refractivity contribution < 1.29 is 38.2 Å². The molecule has 0 spiro atoms. The van der Waals surface area contributed by atoms with E-state index in [0.29, 0.717) is 11.6 Å². The minimum Gasteiger partial charge on any atom is -0.478 e. The van der Waals surface area contributed by atoms with Crippen LogP contribution in [0.2, 0.25) is 0 Å². The van der Waals surface area contributed by atoms with E-state index < -0.39 is 46.5 Å². The summed E-state index contributed by atoms with van der Waals surface area (Å²) in [5.74, 6) is -5.55. The highest BCUT2D eigenvalue weighted by molar-refractivity contribution is 6.07. The first kappa shape index (κ1) is 33.7. The molecule has 0 unspecified atom stereocenters. The highest BCUT2D eigenvalue weighted by Gasteiger charge is 2.21. The maximum atomic E-state index is 15.0. The summed E-state index contributed by atoms with van der Waals surface area (Å²) in [7, 11) is 0. The van der Waals surface area contributed by atoms with Crippen molar-refractivity contribution in [3.05, 3.63) is 131 Å². The Morgan fingerprint density at radius 1 is 0.627 bits per heavy atom. The van der Waals surface area contributed by atoms with E-state index in [0.717, 1.165) is 12.1 Å². The van der Waals surface area contributed by atoms with Crippen LogP contribution in [0.5, 0.6) is 0 Å². The van der Waals surface area contributed by atoms with Crippen LogP contribution in [0, 0.1) is 11.6 Å². The number of aromatic carboxylic acids is 2. The van der Waals surface area contributed by atoms with Crippen LogP contribution in [0.15, 0.2) is 86.0 Å². The molecule has 0 radical (unpaired) electrons. The Kier molecular flexibility index (Phi) is 9.56. The average Bonchev–Trinajstić information content (AvgIpc) is 3.86. The van der Waals surface area contributed by atoms with Gasteiger partial charge in [-0.1, -0.05) is 0 Å². The number of carbonyl (C=O) groups excluding carboxylic acids is 2. The van der Waals surface area contributed by atoms with Crippen LogP contribution in [0.4, 0.5) is 20.2 Å². The third-order valence-electron chi connectivity index (χ3n) is 7.53. The fourth-order valence-electron chi connectivity index (χ4n) is 4.98. The summed E-state index contributed by atoms with van der Waals surface area (Å²) in [6.45, 7) is 0. The van der Waals surface area contributed by atoms with Gasteiger partial charge >= 0.3 is 11.9 Å². The Bertz CT molecular complexity index is 2090. The van der Waals surface area contributed by atoms with E-state index in [4.69, 9.17) is 0 Å². The van der Waals surface area contributed by atoms with Gasteiger partial charge in [0.25, 0.3) is 11.8 Å². The first-order valence-corrected chi connectivity index (χ1v) is 15.0. The number of rotatable bonds is 12. The second-order valence-corrected chi connectivity index (χ2v) is 10.8. The molecule has 16 nitrogen and oxygen atoms in total. The SMILES string of the molecule is O=C(Nc1cc(CCCc2cc(NC(=O)c3ccc(-n4ccnc4)nn3)c(C(=O)O)cc2F)c(F)cc1C(=O)O)c1ccc(-n2ccnc2)nn1. The summed E-state index contributed by atoms with van der Waals surface area (Å²) in [4.78, 5) is 57.4. The van der Waals surface area contributed by atoms with Crippen molar-refractivity contribution in [2.45, 2.75) is 19.3 Å². The number of benzene rings is 2. The summed E-state index contributed by atoms with van der Waals surface area (Å²) in [5.41, 5.74) is -1.66. The van der Waals surface area contributed by atoms with Crippen LogP contribution in [-0.4, -0.2) is 73.5 Å². The Morgan fingerprint density at radius 2 is 1.06 bits per heavy atom. The number of aromatic nitrogens is 8. The third-order valence-corrected chi connectivity index (χ3v) is 7.53. The zero-order valence-electron chi connectivity index (χ0n) is 26.1. The first-order valence-electron chi connectivity index (χ1n) is 15.0. The van der Waals surface area contributed by atoms with Crippen molar-refractivity contribution in [2.24, 2.45) is 0 Å². The molecule has 18 heteroatoms. The first-order chi connectivity index (χ1) is 24.6. The molecular formula is C33H24F2N10O6. The molecule has 0 aliphatic carbocycles. The summed E-state index contributed by atoms with van der Waals surface area (Å²) >= 11 is 0. The third kappa shape index (κ3) is 7.59.